The molecule has 0 saturated carbocycles. The first-order valence-electron chi connectivity index (χ1n) is 8.33. The van der Waals surface area contributed by atoms with Crippen LogP contribution < -0.4 is 0 Å². The highest BCUT2D eigenvalue weighted by Gasteiger charge is 2.20. The van der Waals surface area contributed by atoms with E-state index < -0.39 is 16.8 Å². The maximum atomic E-state index is 10.1. The summed E-state index contributed by atoms with van der Waals surface area (Å²) in [6.07, 6.45) is 0. The molecule has 0 unspecified atom stereocenters. The Morgan fingerprint density at radius 3 is 1.08 bits per heavy atom. The van der Waals surface area contributed by atoms with Gasteiger partial charge in [-0.05, 0) is 46.2 Å². The van der Waals surface area contributed by atoms with E-state index in [1.165, 1.54) is 11.1 Å². The summed E-state index contributed by atoms with van der Waals surface area (Å²) < 4.78 is 0. The molecular weight excluding hydrogens is 351 g/mol. The van der Waals surface area contributed by atoms with Crippen molar-refractivity contribution in [3.05, 3.63) is 59.7 Å². The Kier molecular flexibility index (Phi) is 5.73. The van der Waals surface area contributed by atoms with Gasteiger partial charge in [-0.15, -0.1) is 0 Å². The van der Waals surface area contributed by atoms with Crippen molar-refractivity contribution in [3.8, 4) is 0 Å². The third-order valence-corrected chi connectivity index (χ3v) is 8.79. The van der Waals surface area contributed by atoms with Crippen LogP contribution >= 0.6 is 6.72 Å². The van der Waals surface area contributed by atoms with Crippen molar-refractivity contribution in [2.45, 2.75) is 62.2 Å². The standard InChI is InChI=1S/C20H29O3PS/c1-19(2,3)15-7-11-17(12-8-15)25(24(21,22)23)18-13-9-16(10-14-18)20(4,5)6/h7-14,21-23H,1-6H3. The first-order chi connectivity index (χ1) is 11.3. The fourth-order valence-corrected chi connectivity index (χ4v) is 6.64. The van der Waals surface area contributed by atoms with Crippen LogP contribution in [0.5, 0.6) is 0 Å². The third kappa shape index (κ3) is 5.06. The van der Waals surface area contributed by atoms with E-state index in [1.807, 2.05) is 48.5 Å². The van der Waals surface area contributed by atoms with Gasteiger partial charge in [0, 0.05) is 9.79 Å². The summed E-state index contributed by atoms with van der Waals surface area (Å²) in [6.45, 7) is 8.75. The van der Waals surface area contributed by atoms with Crippen molar-refractivity contribution in [3.63, 3.8) is 0 Å². The van der Waals surface area contributed by atoms with Gasteiger partial charge in [0.25, 0.3) is 6.72 Å². The van der Waals surface area contributed by atoms with Crippen molar-refractivity contribution >= 4 is 16.8 Å². The average molecular weight is 380 g/mol. The van der Waals surface area contributed by atoms with E-state index in [1.54, 1.807) is 0 Å². The quantitative estimate of drug-likeness (QED) is 0.645. The summed E-state index contributed by atoms with van der Waals surface area (Å²) in [5.41, 5.74) is 2.38. The fraction of sp³-hybridized carbons (Fsp3) is 0.400. The van der Waals surface area contributed by atoms with Crippen LogP contribution in [0, 0.1) is 0 Å². The number of hydrogen-bond donors (Lipinski definition) is 3. The predicted molar refractivity (Wildman–Crippen MR) is 108 cm³/mol. The SMILES string of the molecule is CC(C)(C)c1ccc(S(c2ccc(C(C)(C)C)cc2)=P(O)(O)O)cc1. The minimum absolute atomic E-state index is 0.0232. The van der Waals surface area contributed by atoms with E-state index in [-0.39, 0.29) is 10.8 Å². The summed E-state index contributed by atoms with van der Waals surface area (Å²) in [7, 11) is -1.16. The molecule has 0 aliphatic heterocycles. The molecule has 0 atom stereocenters. The van der Waals surface area contributed by atoms with Crippen molar-refractivity contribution < 1.29 is 14.7 Å². The van der Waals surface area contributed by atoms with Crippen molar-refractivity contribution in [2.75, 3.05) is 0 Å². The van der Waals surface area contributed by atoms with Crippen LogP contribution in [0.25, 0.3) is 0 Å². The lowest BCUT2D eigenvalue weighted by Crippen LogP contribution is -2.11. The van der Waals surface area contributed by atoms with Gasteiger partial charge in [-0.2, -0.15) is 0 Å². The summed E-state index contributed by atoms with van der Waals surface area (Å²) in [5.74, 6) is 0. The van der Waals surface area contributed by atoms with Crippen molar-refractivity contribution in [2.24, 2.45) is 0 Å². The molecule has 0 aliphatic rings. The summed E-state index contributed by atoms with van der Waals surface area (Å²) in [6, 6.07) is 15.5. The molecule has 2 aromatic rings. The molecule has 25 heavy (non-hydrogen) atoms. The molecule has 2 aromatic carbocycles. The van der Waals surface area contributed by atoms with Gasteiger partial charge in [0.2, 0.25) is 0 Å². The Bertz CT molecular complexity index is 721. The lowest BCUT2D eigenvalue weighted by molar-refractivity contribution is 0.362. The van der Waals surface area contributed by atoms with Gasteiger partial charge >= 0.3 is 0 Å². The Morgan fingerprint density at radius 2 is 0.880 bits per heavy atom. The molecule has 0 aromatic heterocycles. The maximum absolute atomic E-state index is 10.1. The molecule has 0 amide bonds. The summed E-state index contributed by atoms with van der Waals surface area (Å²) in [5, 5.41) is 0. The van der Waals surface area contributed by atoms with Gasteiger partial charge < -0.3 is 14.7 Å². The van der Waals surface area contributed by atoms with Crippen LogP contribution in [0.3, 0.4) is 0 Å². The summed E-state index contributed by atoms with van der Waals surface area (Å²) in [4.78, 5) is 31.7. The predicted octanol–water partition coefficient (Wildman–Crippen LogP) is 4.97. The van der Waals surface area contributed by atoms with Crippen LogP contribution in [0.4, 0.5) is 0 Å². The topological polar surface area (TPSA) is 60.7 Å². The van der Waals surface area contributed by atoms with Crippen LogP contribution in [-0.4, -0.2) is 14.7 Å². The van der Waals surface area contributed by atoms with Gasteiger partial charge in [-0.1, -0.05) is 75.9 Å². The molecule has 138 valence electrons. The zero-order chi connectivity index (χ0) is 19.0. The molecule has 0 radical (unpaired) electrons. The molecule has 0 bridgehead atoms. The largest absolute Gasteiger partial charge is 0.328 e. The molecule has 0 spiro atoms. The highest BCUT2D eigenvalue weighted by Crippen LogP contribution is 2.44. The van der Waals surface area contributed by atoms with Crippen LogP contribution in [0.15, 0.2) is 58.3 Å². The number of rotatable bonds is 2. The van der Waals surface area contributed by atoms with E-state index in [9.17, 15) is 14.7 Å². The Hall–Kier alpha value is -0.900. The normalized spacial score (nSPS) is 13.4. The minimum Gasteiger partial charge on any atom is -0.328 e. The lowest BCUT2D eigenvalue weighted by atomic mass is 9.87. The smallest absolute Gasteiger partial charge is 0.286 e. The molecular formula is C20H29O3PS. The van der Waals surface area contributed by atoms with Gasteiger partial charge in [-0.3, -0.25) is 0 Å². The minimum atomic E-state index is -4.05. The molecule has 3 N–H and O–H groups in total. The van der Waals surface area contributed by atoms with Crippen molar-refractivity contribution in [1.82, 2.24) is 0 Å². The van der Waals surface area contributed by atoms with E-state index in [0.717, 1.165) is 9.79 Å². The zero-order valence-corrected chi connectivity index (χ0v) is 17.5. The summed E-state index contributed by atoms with van der Waals surface area (Å²) >= 11 is 0. The van der Waals surface area contributed by atoms with Gasteiger partial charge in [0.05, 0.1) is 0 Å². The lowest BCUT2D eigenvalue weighted by Gasteiger charge is -2.22. The molecule has 0 heterocycles. The highest BCUT2D eigenvalue weighted by atomic mass is 32.5. The van der Waals surface area contributed by atoms with Crippen LogP contribution in [0.1, 0.15) is 52.7 Å². The second kappa shape index (κ2) is 7.02. The number of hydrogen-bond acceptors (Lipinski definition) is 0. The second-order valence-electron chi connectivity index (χ2n) is 8.35. The second-order valence-corrected chi connectivity index (χ2v) is 13.5. The zero-order valence-electron chi connectivity index (χ0n) is 15.8. The molecule has 0 aliphatic carbocycles. The van der Waals surface area contributed by atoms with Crippen molar-refractivity contribution in [1.29, 1.82) is 0 Å². The molecule has 5 heteroatoms. The average Bonchev–Trinajstić information content (AvgIpc) is 2.45. The first-order valence-corrected chi connectivity index (χ1v) is 11.8. The molecule has 0 saturated heterocycles. The fourth-order valence-electron chi connectivity index (χ4n) is 2.59. The Balaban J connectivity index is 2.53. The van der Waals surface area contributed by atoms with Crippen LogP contribution in [-0.2, 0) is 20.9 Å². The Morgan fingerprint density at radius 1 is 0.600 bits per heavy atom. The first kappa shape index (κ1) is 20.4. The van der Waals surface area contributed by atoms with E-state index in [0.29, 0.717) is 0 Å². The van der Waals surface area contributed by atoms with Gasteiger partial charge in [-0.25, -0.2) is 0 Å². The maximum Gasteiger partial charge on any atom is 0.286 e. The molecule has 0 fully saturated rings. The van der Waals surface area contributed by atoms with E-state index >= 15 is 0 Å². The molecule has 3 nitrogen and oxygen atoms in total. The van der Waals surface area contributed by atoms with Gasteiger partial charge in [0.15, 0.2) is 0 Å². The number of benzene rings is 2. The van der Waals surface area contributed by atoms with E-state index in [2.05, 4.69) is 41.5 Å². The molecule has 2 rings (SSSR count). The Labute approximate surface area is 153 Å². The van der Waals surface area contributed by atoms with E-state index in [4.69, 9.17) is 0 Å². The van der Waals surface area contributed by atoms with Gasteiger partial charge in [0.1, 0.15) is 0 Å². The highest BCUT2D eigenvalue weighted by molar-refractivity contribution is 8.27. The third-order valence-electron chi connectivity index (χ3n) is 4.13. The van der Waals surface area contributed by atoms with Crippen LogP contribution in [0.2, 0.25) is 0 Å². The monoisotopic (exact) mass is 380 g/mol.